The molecule has 0 unspecified atom stereocenters. The van der Waals surface area contributed by atoms with Crippen molar-refractivity contribution in [3.8, 4) is 0 Å². The van der Waals surface area contributed by atoms with Gasteiger partial charge in [-0.1, -0.05) is 48.5 Å². The normalized spacial score (nSPS) is 11.8. The molecule has 0 radical (unpaired) electrons. The molecule has 0 aliphatic rings. The van der Waals surface area contributed by atoms with Crippen molar-refractivity contribution in [2.24, 2.45) is 0 Å². The number of nitrogens with zero attached hydrogens (tertiary/aromatic N) is 1. The van der Waals surface area contributed by atoms with Gasteiger partial charge < -0.3 is 9.92 Å². The van der Waals surface area contributed by atoms with Crippen LogP contribution < -0.4 is 4.81 Å². The Morgan fingerprint density at radius 1 is 1.05 bits per heavy atom. The van der Waals surface area contributed by atoms with Gasteiger partial charge in [0.2, 0.25) is 7.98 Å². The van der Waals surface area contributed by atoms with Crippen LogP contribution in [-0.4, -0.2) is 25.1 Å². The van der Waals surface area contributed by atoms with Gasteiger partial charge in [0.15, 0.2) is 0 Å². The van der Waals surface area contributed by atoms with Gasteiger partial charge in [0, 0.05) is 12.1 Å². The van der Waals surface area contributed by atoms with E-state index in [-0.39, 0.29) is 0 Å². The summed E-state index contributed by atoms with van der Waals surface area (Å²) in [4.78, 5) is 13.3. The number of carbonyl (C=O) groups is 1. The molecule has 1 atom stereocenters. The molecular formula is C15H16BNO2. The van der Waals surface area contributed by atoms with Crippen molar-refractivity contribution in [3.63, 3.8) is 0 Å². The zero-order chi connectivity index (χ0) is 13.7. The summed E-state index contributed by atoms with van der Waals surface area (Å²) in [6.07, 6.45) is 0.488. The summed E-state index contributed by atoms with van der Waals surface area (Å²) >= 11 is 0. The van der Waals surface area contributed by atoms with Crippen LogP contribution in [0.15, 0.2) is 60.7 Å². The molecule has 19 heavy (non-hydrogen) atoms. The van der Waals surface area contributed by atoms with Gasteiger partial charge >= 0.3 is 5.97 Å². The third-order valence-electron chi connectivity index (χ3n) is 3.19. The first-order chi connectivity index (χ1) is 9.18. The molecule has 2 rings (SSSR count). The third kappa shape index (κ3) is 3.38. The lowest BCUT2D eigenvalue weighted by molar-refractivity contribution is -0.138. The largest absolute Gasteiger partial charge is 0.480 e. The topological polar surface area (TPSA) is 40.5 Å². The third-order valence-corrected chi connectivity index (χ3v) is 3.19. The average Bonchev–Trinajstić information content (AvgIpc) is 2.46. The molecule has 0 aliphatic carbocycles. The summed E-state index contributed by atoms with van der Waals surface area (Å²) in [7, 11) is 1.82. The molecule has 4 heteroatoms. The van der Waals surface area contributed by atoms with Crippen molar-refractivity contribution in [1.29, 1.82) is 0 Å². The molecule has 0 spiro atoms. The molecule has 0 amide bonds. The number of carboxylic acid groups (broad SMARTS) is 1. The Morgan fingerprint density at radius 2 is 1.58 bits per heavy atom. The first-order valence-electron chi connectivity index (χ1n) is 6.23. The van der Waals surface area contributed by atoms with E-state index in [2.05, 4.69) is 0 Å². The summed E-state index contributed by atoms with van der Waals surface area (Å²) in [5.74, 6) is -0.810. The van der Waals surface area contributed by atoms with E-state index in [9.17, 15) is 9.90 Å². The molecule has 0 saturated carbocycles. The SMILES string of the molecule is BN(c1ccccc1)[C@@H](Cc1ccccc1)C(=O)O. The van der Waals surface area contributed by atoms with Crippen LogP contribution in [-0.2, 0) is 11.2 Å². The molecule has 0 fully saturated rings. The highest BCUT2D eigenvalue weighted by Gasteiger charge is 2.22. The lowest BCUT2D eigenvalue weighted by Gasteiger charge is -2.27. The van der Waals surface area contributed by atoms with E-state index in [1.807, 2.05) is 68.6 Å². The molecule has 0 aliphatic heterocycles. The number of aliphatic carboxylic acids is 1. The quantitative estimate of drug-likeness (QED) is 0.825. The lowest BCUT2D eigenvalue weighted by Crippen LogP contribution is -2.41. The fourth-order valence-electron chi connectivity index (χ4n) is 2.07. The molecule has 0 heterocycles. The summed E-state index contributed by atoms with van der Waals surface area (Å²) in [5.41, 5.74) is 1.93. The van der Waals surface area contributed by atoms with Crippen LogP contribution in [0.1, 0.15) is 5.56 Å². The molecule has 2 aromatic carbocycles. The van der Waals surface area contributed by atoms with Crippen LogP contribution in [0, 0.1) is 0 Å². The summed E-state index contributed by atoms with van der Waals surface area (Å²) < 4.78 is 0. The highest BCUT2D eigenvalue weighted by atomic mass is 16.4. The Balaban J connectivity index is 2.19. The van der Waals surface area contributed by atoms with Crippen molar-refractivity contribution in [2.45, 2.75) is 12.5 Å². The maximum Gasteiger partial charge on any atom is 0.325 e. The van der Waals surface area contributed by atoms with Crippen molar-refractivity contribution in [2.75, 3.05) is 4.81 Å². The van der Waals surface area contributed by atoms with Gasteiger partial charge in [-0.15, -0.1) is 0 Å². The first-order valence-corrected chi connectivity index (χ1v) is 6.23. The van der Waals surface area contributed by atoms with Crippen LogP contribution in [0.25, 0.3) is 0 Å². The van der Waals surface area contributed by atoms with Gasteiger partial charge in [0.1, 0.15) is 6.04 Å². The van der Waals surface area contributed by atoms with Gasteiger partial charge in [-0.2, -0.15) is 0 Å². The fraction of sp³-hybridized carbons (Fsp3) is 0.133. The smallest absolute Gasteiger partial charge is 0.325 e. The first kappa shape index (κ1) is 13.2. The van der Waals surface area contributed by atoms with Crippen molar-refractivity contribution >= 4 is 19.6 Å². The Hall–Kier alpha value is -2.23. The number of hydrogen-bond donors (Lipinski definition) is 1. The van der Waals surface area contributed by atoms with E-state index in [1.165, 1.54) is 0 Å². The van der Waals surface area contributed by atoms with E-state index in [1.54, 1.807) is 4.81 Å². The monoisotopic (exact) mass is 253 g/mol. The van der Waals surface area contributed by atoms with E-state index in [0.717, 1.165) is 11.3 Å². The molecule has 0 bridgehead atoms. The fourth-order valence-corrected chi connectivity index (χ4v) is 2.07. The minimum Gasteiger partial charge on any atom is -0.480 e. The van der Waals surface area contributed by atoms with Crippen LogP contribution in [0.5, 0.6) is 0 Å². The Kier molecular flexibility index (Phi) is 4.24. The minimum absolute atomic E-state index is 0.488. The van der Waals surface area contributed by atoms with Crippen LogP contribution in [0.3, 0.4) is 0 Å². The molecule has 3 nitrogen and oxygen atoms in total. The Labute approximate surface area is 113 Å². The van der Waals surface area contributed by atoms with Crippen molar-refractivity contribution in [3.05, 3.63) is 66.2 Å². The van der Waals surface area contributed by atoms with Crippen LogP contribution in [0.2, 0.25) is 0 Å². The van der Waals surface area contributed by atoms with Gasteiger partial charge in [0.05, 0.1) is 0 Å². The molecule has 0 saturated heterocycles. The minimum atomic E-state index is -0.810. The summed E-state index contributed by atoms with van der Waals surface area (Å²) in [6, 6.07) is 18.7. The van der Waals surface area contributed by atoms with Crippen molar-refractivity contribution in [1.82, 2.24) is 0 Å². The number of benzene rings is 2. The molecule has 1 N–H and O–H groups in total. The highest BCUT2D eigenvalue weighted by Crippen LogP contribution is 2.17. The predicted octanol–water partition coefficient (Wildman–Crippen LogP) is 1.74. The Bertz CT molecular complexity index is 530. The number of anilines is 1. The predicted molar refractivity (Wildman–Crippen MR) is 79.0 cm³/mol. The van der Waals surface area contributed by atoms with E-state index in [4.69, 9.17) is 0 Å². The van der Waals surface area contributed by atoms with Gasteiger partial charge in [-0.25, -0.2) is 0 Å². The lowest BCUT2D eigenvalue weighted by atomic mass is 10.0. The molecule has 0 aromatic heterocycles. The number of rotatable bonds is 5. The Morgan fingerprint density at radius 3 is 2.11 bits per heavy atom. The second-order valence-corrected chi connectivity index (χ2v) is 4.49. The van der Waals surface area contributed by atoms with Gasteiger partial charge in [-0.3, -0.25) is 4.79 Å². The molecule has 96 valence electrons. The summed E-state index contributed by atoms with van der Waals surface area (Å²) in [5, 5.41) is 9.42. The molecular weight excluding hydrogens is 237 g/mol. The van der Waals surface area contributed by atoms with Crippen LogP contribution >= 0.6 is 0 Å². The average molecular weight is 253 g/mol. The highest BCUT2D eigenvalue weighted by molar-refractivity contribution is 6.20. The zero-order valence-corrected chi connectivity index (χ0v) is 10.9. The van der Waals surface area contributed by atoms with E-state index < -0.39 is 12.0 Å². The summed E-state index contributed by atoms with van der Waals surface area (Å²) in [6.45, 7) is 0. The van der Waals surface area contributed by atoms with Gasteiger partial charge in [-0.05, 0) is 17.7 Å². The van der Waals surface area contributed by atoms with Crippen LogP contribution in [0.4, 0.5) is 5.69 Å². The van der Waals surface area contributed by atoms with Gasteiger partial charge in [0.25, 0.3) is 0 Å². The van der Waals surface area contributed by atoms with E-state index >= 15 is 0 Å². The second kappa shape index (κ2) is 6.09. The maximum atomic E-state index is 11.5. The number of carboxylic acids is 1. The molecule has 2 aromatic rings. The van der Waals surface area contributed by atoms with E-state index in [0.29, 0.717) is 6.42 Å². The maximum absolute atomic E-state index is 11.5. The zero-order valence-electron chi connectivity index (χ0n) is 10.9. The number of hydrogen-bond acceptors (Lipinski definition) is 2. The standard InChI is InChI=1S/C15H16BNO2/c16-17(13-9-5-2-6-10-13)14(15(18)19)11-12-7-3-1-4-8-12/h1-10,14H,11,16H2,(H,18,19)/t14-/m0/s1. The number of para-hydroxylation sites is 1. The second-order valence-electron chi connectivity index (χ2n) is 4.49. The van der Waals surface area contributed by atoms with Crippen molar-refractivity contribution < 1.29 is 9.90 Å².